The average molecular weight is 311 g/mol. The number of nitrogens with zero attached hydrogens (tertiary/aromatic N) is 5. The van der Waals surface area contributed by atoms with Crippen molar-refractivity contribution in [3.63, 3.8) is 0 Å². The van der Waals surface area contributed by atoms with E-state index in [-0.39, 0.29) is 5.82 Å². The molecule has 5 nitrogen and oxygen atoms in total. The van der Waals surface area contributed by atoms with Crippen LogP contribution in [-0.4, -0.2) is 27.9 Å². The van der Waals surface area contributed by atoms with E-state index < -0.39 is 0 Å². The van der Waals surface area contributed by atoms with Crippen molar-refractivity contribution in [1.29, 1.82) is 5.26 Å². The van der Waals surface area contributed by atoms with E-state index in [4.69, 9.17) is 0 Å². The van der Waals surface area contributed by atoms with Crippen molar-refractivity contribution in [1.82, 2.24) is 14.8 Å². The highest BCUT2D eigenvalue weighted by Crippen LogP contribution is 2.32. The quantitative estimate of drug-likeness (QED) is 0.855. The Morgan fingerprint density at radius 2 is 2.13 bits per heavy atom. The second-order valence-electron chi connectivity index (χ2n) is 6.29. The van der Waals surface area contributed by atoms with Crippen molar-refractivity contribution in [2.45, 2.75) is 38.1 Å². The Morgan fingerprint density at radius 3 is 3.00 bits per heavy atom. The largest absolute Gasteiger partial charge is 0.370 e. The maximum Gasteiger partial charge on any atom is 0.137 e. The fourth-order valence-corrected chi connectivity index (χ4v) is 3.76. The summed E-state index contributed by atoms with van der Waals surface area (Å²) in [5, 5.41) is 18.0. The normalized spacial score (nSPS) is 20.3. The Balaban J connectivity index is 1.61. The van der Waals surface area contributed by atoms with Crippen molar-refractivity contribution in [3.05, 3.63) is 41.2 Å². The van der Waals surface area contributed by atoms with Crippen LogP contribution in [0.2, 0.25) is 0 Å². The van der Waals surface area contributed by atoms with E-state index in [0.29, 0.717) is 11.5 Å². The van der Waals surface area contributed by atoms with Crippen molar-refractivity contribution in [2.75, 3.05) is 18.0 Å². The van der Waals surface area contributed by atoms with Gasteiger partial charge in [-0.2, -0.15) is 5.26 Å². The Labute approximate surface area is 134 Å². The molecule has 2 aliphatic heterocycles. The monoisotopic (exact) mass is 311 g/mol. The molecule has 0 saturated carbocycles. The molecule has 0 aliphatic carbocycles. The van der Waals surface area contributed by atoms with Gasteiger partial charge in [0, 0.05) is 32.0 Å². The zero-order valence-electron chi connectivity index (χ0n) is 12.9. The summed E-state index contributed by atoms with van der Waals surface area (Å²) in [6, 6.07) is 6.56. The van der Waals surface area contributed by atoms with Gasteiger partial charge in [-0.25, -0.2) is 4.39 Å². The molecule has 4 rings (SSSR count). The van der Waals surface area contributed by atoms with Crippen LogP contribution in [0, 0.1) is 17.1 Å². The van der Waals surface area contributed by atoms with Crippen molar-refractivity contribution in [2.24, 2.45) is 0 Å². The first-order valence-electron chi connectivity index (χ1n) is 8.13. The lowest BCUT2D eigenvalue weighted by atomic mass is 9.96. The minimum absolute atomic E-state index is 0.319. The smallest absolute Gasteiger partial charge is 0.137 e. The summed E-state index contributed by atoms with van der Waals surface area (Å²) in [7, 11) is 0. The van der Waals surface area contributed by atoms with Gasteiger partial charge in [-0.3, -0.25) is 0 Å². The number of aryl methyl sites for hydroxylation is 1. The van der Waals surface area contributed by atoms with Gasteiger partial charge in [0.25, 0.3) is 0 Å². The van der Waals surface area contributed by atoms with Crippen LogP contribution in [0.4, 0.5) is 10.1 Å². The van der Waals surface area contributed by atoms with Gasteiger partial charge < -0.3 is 9.47 Å². The maximum absolute atomic E-state index is 13.4. The molecule has 0 radical (unpaired) electrons. The zero-order chi connectivity index (χ0) is 15.8. The van der Waals surface area contributed by atoms with Gasteiger partial charge in [-0.05, 0) is 37.5 Å². The molecule has 2 aliphatic rings. The van der Waals surface area contributed by atoms with Crippen LogP contribution < -0.4 is 4.90 Å². The summed E-state index contributed by atoms with van der Waals surface area (Å²) < 4.78 is 15.6. The van der Waals surface area contributed by atoms with Crippen LogP contribution in [0.3, 0.4) is 0 Å². The predicted molar refractivity (Wildman–Crippen MR) is 83.6 cm³/mol. The average Bonchev–Trinajstić information content (AvgIpc) is 3.18. The minimum Gasteiger partial charge on any atom is -0.370 e. The number of hydrogen-bond donors (Lipinski definition) is 0. The van der Waals surface area contributed by atoms with Gasteiger partial charge >= 0.3 is 0 Å². The SMILES string of the molecule is N#Cc1cc(F)ccc1N1CCCC(c2nnc3n2CCC3)C1. The first-order valence-corrected chi connectivity index (χ1v) is 8.13. The zero-order valence-corrected chi connectivity index (χ0v) is 12.9. The minimum atomic E-state index is -0.367. The standard InChI is InChI=1S/C17H18FN5/c18-14-5-6-15(13(9-14)10-19)22-7-1-3-12(11-22)17-21-20-16-4-2-8-23(16)17/h5-6,9,12H,1-4,7-8,11H2. The van der Waals surface area contributed by atoms with E-state index in [0.717, 1.165) is 62.7 Å². The number of aromatic nitrogens is 3. The van der Waals surface area contributed by atoms with Crippen LogP contribution >= 0.6 is 0 Å². The molecule has 2 aromatic rings. The number of rotatable bonds is 2. The van der Waals surface area contributed by atoms with Crippen molar-refractivity contribution < 1.29 is 4.39 Å². The highest BCUT2D eigenvalue weighted by Gasteiger charge is 2.29. The number of fused-ring (bicyclic) bond motifs is 1. The van der Waals surface area contributed by atoms with Gasteiger partial charge in [0.1, 0.15) is 23.5 Å². The van der Waals surface area contributed by atoms with Crippen LogP contribution in [0.25, 0.3) is 0 Å². The lowest BCUT2D eigenvalue weighted by Gasteiger charge is -2.34. The van der Waals surface area contributed by atoms with Gasteiger partial charge in [0.2, 0.25) is 0 Å². The van der Waals surface area contributed by atoms with Gasteiger partial charge in [-0.15, -0.1) is 10.2 Å². The molecule has 1 aromatic carbocycles. The van der Waals surface area contributed by atoms with E-state index in [1.54, 1.807) is 6.07 Å². The summed E-state index contributed by atoms with van der Waals surface area (Å²) in [5.41, 5.74) is 1.22. The first-order chi connectivity index (χ1) is 11.3. The molecule has 118 valence electrons. The summed E-state index contributed by atoms with van der Waals surface area (Å²) in [5.74, 6) is 2.12. The molecular weight excluding hydrogens is 293 g/mol. The van der Waals surface area contributed by atoms with Crippen LogP contribution in [0.15, 0.2) is 18.2 Å². The third-order valence-corrected chi connectivity index (χ3v) is 4.84. The molecule has 0 bridgehead atoms. The van der Waals surface area contributed by atoms with Crippen LogP contribution in [0.5, 0.6) is 0 Å². The third kappa shape index (κ3) is 2.46. The van der Waals surface area contributed by atoms with E-state index in [1.807, 2.05) is 0 Å². The summed E-state index contributed by atoms with van der Waals surface area (Å²) in [4.78, 5) is 2.18. The molecule has 1 aromatic heterocycles. The van der Waals surface area contributed by atoms with Crippen molar-refractivity contribution in [3.8, 4) is 6.07 Å². The number of benzene rings is 1. The fourth-order valence-electron chi connectivity index (χ4n) is 3.76. The van der Waals surface area contributed by atoms with Gasteiger partial charge in [0.05, 0.1) is 11.3 Å². The van der Waals surface area contributed by atoms with Crippen molar-refractivity contribution >= 4 is 5.69 Å². The van der Waals surface area contributed by atoms with Crippen LogP contribution in [0.1, 0.15) is 42.4 Å². The number of hydrogen-bond acceptors (Lipinski definition) is 4. The number of nitriles is 1. The molecule has 23 heavy (non-hydrogen) atoms. The second kappa shape index (κ2) is 5.65. The summed E-state index contributed by atoms with van der Waals surface area (Å²) in [6.45, 7) is 2.70. The molecule has 1 fully saturated rings. The van der Waals surface area contributed by atoms with Crippen LogP contribution in [-0.2, 0) is 13.0 Å². The van der Waals surface area contributed by atoms with Gasteiger partial charge in [0.15, 0.2) is 0 Å². The lowest BCUT2D eigenvalue weighted by molar-refractivity contribution is 0.473. The topological polar surface area (TPSA) is 57.7 Å². The highest BCUT2D eigenvalue weighted by atomic mass is 19.1. The lowest BCUT2D eigenvalue weighted by Crippen LogP contribution is -2.35. The molecule has 6 heteroatoms. The molecule has 1 unspecified atom stereocenters. The molecule has 0 amide bonds. The second-order valence-corrected chi connectivity index (χ2v) is 6.29. The Morgan fingerprint density at radius 1 is 1.22 bits per heavy atom. The molecule has 0 spiro atoms. The molecule has 3 heterocycles. The molecule has 0 N–H and O–H groups in total. The Kier molecular flexibility index (Phi) is 3.49. The number of halogens is 1. The summed E-state index contributed by atoms with van der Waals surface area (Å²) in [6.07, 6.45) is 4.28. The fraction of sp³-hybridized carbons (Fsp3) is 0.471. The van der Waals surface area contributed by atoms with Gasteiger partial charge in [-0.1, -0.05) is 0 Å². The Bertz CT molecular complexity index is 776. The number of anilines is 1. The Hall–Kier alpha value is -2.42. The predicted octanol–water partition coefficient (Wildman–Crippen LogP) is 2.62. The van der Waals surface area contributed by atoms with E-state index in [9.17, 15) is 9.65 Å². The summed E-state index contributed by atoms with van der Waals surface area (Å²) >= 11 is 0. The van der Waals surface area contributed by atoms with E-state index in [1.165, 1.54) is 12.1 Å². The molecule has 1 saturated heterocycles. The maximum atomic E-state index is 13.4. The van der Waals surface area contributed by atoms with E-state index >= 15 is 0 Å². The molecule has 1 atom stereocenters. The molecular formula is C17H18FN5. The highest BCUT2D eigenvalue weighted by molar-refractivity contribution is 5.59. The number of piperidine rings is 1. The first kappa shape index (κ1) is 14.2. The third-order valence-electron chi connectivity index (χ3n) is 4.84. The van der Waals surface area contributed by atoms with E-state index in [2.05, 4.69) is 25.7 Å².